The molecule has 0 amide bonds. The van der Waals surface area contributed by atoms with E-state index in [1.807, 2.05) is 19.2 Å². The summed E-state index contributed by atoms with van der Waals surface area (Å²) in [6.07, 6.45) is 4.38. The molecule has 1 saturated heterocycles. The van der Waals surface area contributed by atoms with Crippen molar-refractivity contribution in [3.63, 3.8) is 0 Å². The molecule has 0 aromatic carbocycles. The zero-order valence-electron chi connectivity index (χ0n) is 13.0. The van der Waals surface area contributed by atoms with Crippen molar-refractivity contribution in [1.29, 1.82) is 0 Å². The standard InChI is InChI=1S/C16H26N2O2/c1-12-8-15(20-11-14-6-5-7-19-14)13(9-17-12)10-18-16(2,3)4/h8-9,14,18H,5-7,10-11H2,1-4H3. The number of rotatable bonds is 5. The molecule has 2 rings (SSSR count). The third-order valence-electron chi connectivity index (χ3n) is 3.34. The number of aromatic nitrogens is 1. The van der Waals surface area contributed by atoms with Gasteiger partial charge in [-0.25, -0.2) is 0 Å². The summed E-state index contributed by atoms with van der Waals surface area (Å²) in [6.45, 7) is 10.7. The van der Waals surface area contributed by atoms with Crippen molar-refractivity contribution in [1.82, 2.24) is 10.3 Å². The molecule has 0 radical (unpaired) electrons. The molecule has 4 heteroatoms. The molecule has 2 heterocycles. The van der Waals surface area contributed by atoms with Crippen LogP contribution in [0.3, 0.4) is 0 Å². The predicted molar refractivity (Wildman–Crippen MR) is 80.0 cm³/mol. The molecule has 1 fully saturated rings. The molecule has 0 aliphatic carbocycles. The first-order chi connectivity index (χ1) is 9.44. The fourth-order valence-electron chi connectivity index (χ4n) is 2.15. The molecule has 1 aromatic heterocycles. The molecule has 1 atom stereocenters. The van der Waals surface area contributed by atoms with Gasteiger partial charge >= 0.3 is 0 Å². The minimum atomic E-state index is 0.0801. The van der Waals surface area contributed by atoms with E-state index in [0.717, 1.165) is 43.0 Å². The molecule has 1 aliphatic heterocycles. The summed E-state index contributed by atoms with van der Waals surface area (Å²) < 4.78 is 11.6. The Labute approximate surface area is 121 Å². The van der Waals surface area contributed by atoms with Crippen molar-refractivity contribution in [2.45, 2.75) is 58.7 Å². The molecule has 1 aliphatic rings. The van der Waals surface area contributed by atoms with E-state index in [9.17, 15) is 0 Å². The molecule has 0 spiro atoms. The predicted octanol–water partition coefficient (Wildman–Crippen LogP) is 2.84. The van der Waals surface area contributed by atoms with Gasteiger partial charge in [-0.15, -0.1) is 0 Å². The number of hydrogen-bond acceptors (Lipinski definition) is 4. The van der Waals surface area contributed by atoms with Crippen LogP contribution in [0, 0.1) is 6.92 Å². The lowest BCUT2D eigenvalue weighted by atomic mass is 10.1. The van der Waals surface area contributed by atoms with E-state index in [1.54, 1.807) is 0 Å². The summed E-state index contributed by atoms with van der Waals surface area (Å²) in [5.41, 5.74) is 2.16. The van der Waals surface area contributed by atoms with E-state index in [0.29, 0.717) is 6.61 Å². The third-order valence-corrected chi connectivity index (χ3v) is 3.34. The topological polar surface area (TPSA) is 43.4 Å². The van der Waals surface area contributed by atoms with Crippen molar-refractivity contribution in [3.8, 4) is 5.75 Å². The van der Waals surface area contributed by atoms with Gasteiger partial charge in [0, 0.05) is 42.2 Å². The van der Waals surface area contributed by atoms with Crippen LogP contribution >= 0.6 is 0 Å². The second-order valence-electron chi connectivity index (χ2n) is 6.48. The quantitative estimate of drug-likeness (QED) is 0.899. The molecule has 20 heavy (non-hydrogen) atoms. The van der Waals surface area contributed by atoms with Crippen molar-refractivity contribution >= 4 is 0 Å². The second kappa shape index (κ2) is 6.55. The lowest BCUT2D eigenvalue weighted by Crippen LogP contribution is -2.35. The minimum Gasteiger partial charge on any atom is -0.490 e. The van der Waals surface area contributed by atoms with E-state index in [1.165, 1.54) is 0 Å². The maximum Gasteiger partial charge on any atom is 0.127 e. The Hall–Kier alpha value is -1.13. The van der Waals surface area contributed by atoms with E-state index < -0.39 is 0 Å². The highest BCUT2D eigenvalue weighted by molar-refractivity contribution is 5.33. The maximum atomic E-state index is 5.96. The van der Waals surface area contributed by atoms with Crippen molar-refractivity contribution in [2.24, 2.45) is 0 Å². The average molecular weight is 278 g/mol. The largest absolute Gasteiger partial charge is 0.490 e. The maximum absolute atomic E-state index is 5.96. The van der Waals surface area contributed by atoms with Crippen LogP contribution in [0.25, 0.3) is 0 Å². The van der Waals surface area contributed by atoms with Crippen LogP contribution < -0.4 is 10.1 Å². The Balaban J connectivity index is 1.99. The Kier molecular flexibility index (Phi) is 5.00. The van der Waals surface area contributed by atoms with Gasteiger partial charge in [-0.3, -0.25) is 4.98 Å². The number of nitrogens with one attached hydrogen (secondary N) is 1. The molecule has 0 saturated carbocycles. The van der Waals surface area contributed by atoms with E-state index in [4.69, 9.17) is 9.47 Å². The first kappa shape index (κ1) is 15.3. The zero-order valence-corrected chi connectivity index (χ0v) is 13.0. The summed E-state index contributed by atoms with van der Waals surface area (Å²) in [7, 11) is 0. The number of aryl methyl sites for hydroxylation is 1. The normalized spacial score (nSPS) is 19.3. The van der Waals surface area contributed by atoms with E-state index in [-0.39, 0.29) is 11.6 Å². The van der Waals surface area contributed by atoms with Gasteiger partial charge in [0.05, 0.1) is 6.10 Å². The van der Waals surface area contributed by atoms with Crippen molar-refractivity contribution < 1.29 is 9.47 Å². The first-order valence-electron chi connectivity index (χ1n) is 7.39. The van der Waals surface area contributed by atoms with Gasteiger partial charge in [0.1, 0.15) is 12.4 Å². The van der Waals surface area contributed by atoms with Crippen LogP contribution in [0.15, 0.2) is 12.3 Å². The zero-order chi connectivity index (χ0) is 14.6. The first-order valence-corrected chi connectivity index (χ1v) is 7.39. The number of ether oxygens (including phenoxy) is 2. The van der Waals surface area contributed by atoms with Gasteiger partial charge in [0.2, 0.25) is 0 Å². The Morgan fingerprint density at radius 1 is 1.45 bits per heavy atom. The van der Waals surface area contributed by atoms with Crippen LogP contribution in [0.5, 0.6) is 5.75 Å². The van der Waals surface area contributed by atoms with Crippen LogP contribution in [-0.4, -0.2) is 29.8 Å². The molecule has 112 valence electrons. The highest BCUT2D eigenvalue weighted by Crippen LogP contribution is 2.21. The lowest BCUT2D eigenvalue weighted by molar-refractivity contribution is 0.0675. The number of hydrogen-bond donors (Lipinski definition) is 1. The van der Waals surface area contributed by atoms with Crippen LogP contribution in [-0.2, 0) is 11.3 Å². The summed E-state index contributed by atoms with van der Waals surface area (Å²) in [4.78, 5) is 4.37. The Morgan fingerprint density at radius 3 is 2.90 bits per heavy atom. The Morgan fingerprint density at radius 2 is 2.25 bits per heavy atom. The third kappa shape index (κ3) is 4.76. The van der Waals surface area contributed by atoms with Crippen molar-refractivity contribution in [2.75, 3.05) is 13.2 Å². The van der Waals surface area contributed by atoms with Gasteiger partial charge in [-0.05, 0) is 40.5 Å². The Bertz CT molecular complexity index is 435. The highest BCUT2D eigenvalue weighted by atomic mass is 16.5. The lowest BCUT2D eigenvalue weighted by Gasteiger charge is -2.22. The SMILES string of the molecule is Cc1cc(OCC2CCCO2)c(CNC(C)(C)C)cn1. The van der Waals surface area contributed by atoms with Crippen LogP contribution in [0.2, 0.25) is 0 Å². The molecule has 1 N–H and O–H groups in total. The molecule has 0 bridgehead atoms. The summed E-state index contributed by atoms with van der Waals surface area (Å²) in [6, 6.07) is 2.01. The van der Waals surface area contributed by atoms with Gasteiger partial charge in [0.15, 0.2) is 0 Å². The van der Waals surface area contributed by atoms with Gasteiger partial charge in [-0.2, -0.15) is 0 Å². The summed E-state index contributed by atoms with van der Waals surface area (Å²) in [5, 5.41) is 3.47. The number of pyridine rings is 1. The van der Waals surface area contributed by atoms with Crippen LogP contribution in [0.4, 0.5) is 0 Å². The highest BCUT2D eigenvalue weighted by Gasteiger charge is 2.17. The summed E-state index contributed by atoms with van der Waals surface area (Å²) in [5.74, 6) is 0.921. The molecule has 1 unspecified atom stereocenters. The number of nitrogens with zero attached hydrogens (tertiary/aromatic N) is 1. The molecule has 1 aromatic rings. The molecular weight excluding hydrogens is 252 g/mol. The second-order valence-corrected chi connectivity index (χ2v) is 6.48. The minimum absolute atomic E-state index is 0.0801. The smallest absolute Gasteiger partial charge is 0.127 e. The van der Waals surface area contributed by atoms with Gasteiger partial charge in [0.25, 0.3) is 0 Å². The fourth-order valence-corrected chi connectivity index (χ4v) is 2.15. The van der Waals surface area contributed by atoms with E-state index >= 15 is 0 Å². The van der Waals surface area contributed by atoms with Crippen molar-refractivity contribution in [3.05, 3.63) is 23.5 Å². The van der Waals surface area contributed by atoms with E-state index in [2.05, 4.69) is 31.1 Å². The van der Waals surface area contributed by atoms with Gasteiger partial charge in [-0.1, -0.05) is 0 Å². The fraction of sp³-hybridized carbons (Fsp3) is 0.688. The molecular formula is C16H26N2O2. The van der Waals surface area contributed by atoms with Gasteiger partial charge < -0.3 is 14.8 Å². The average Bonchev–Trinajstić information content (AvgIpc) is 2.87. The summed E-state index contributed by atoms with van der Waals surface area (Å²) >= 11 is 0. The van der Waals surface area contributed by atoms with Crippen LogP contribution in [0.1, 0.15) is 44.9 Å². The monoisotopic (exact) mass is 278 g/mol. The molecule has 4 nitrogen and oxygen atoms in total.